The summed E-state index contributed by atoms with van der Waals surface area (Å²) < 4.78 is 5.63. The third-order valence-corrected chi connectivity index (χ3v) is 4.50. The van der Waals surface area contributed by atoms with Crippen LogP contribution in [0.1, 0.15) is 53.4 Å². The fourth-order valence-corrected chi connectivity index (χ4v) is 3.73. The van der Waals surface area contributed by atoms with Crippen LogP contribution in [0.3, 0.4) is 0 Å². The Bertz CT molecular complexity index is 404. The number of hydrogen-bond donors (Lipinski definition) is 1. The summed E-state index contributed by atoms with van der Waals surface area (Å²) in [5.74, 6) is -0.0475. The van der Waals surface area contributed by atoms with E-state index in [9.17, 15) is 9.59 Å². The van der Waals surface area contributed by atoms with Gasteiger partial charge in [-0.15, -0.1) is 0 Å². The minimum atomic E-state index is -1.10. The van der Waals surface area contributed by atoms with Gasteiger partial charge in [-0.1, -0.05) is 27.7 Å². The molecule has 0 aliphatic heterocycles. The molecule has 0 saturated heterocycles. The van der Waals surface area contributed by atoms with Crippen molar-refractivity contribution in [2.45, 2.75) is 59.0 Å². The van der Waals surface area contributed by atoms with Gasteiger partial charge in [0.05, 0.1) is 5.92 Å². The topological polar surface area (TPSA) is 69.4 Å². The molecule has 4 nitrogen and oxygen atoms in total. The lowest BCUT2D eigenvalue weighted by Crippen LogP contribution is -2.54. The monoisotopic (exact) mass is 267 g/mol. The molecule has 2 rings (SSSR count). The number of rotatable bonds is 3. The normalized spacial score (nSPS) is 40.5. The Morgan fingerprint density at radius 1 is 1.21 bits per heavy atom. The minimum absolute atomic E-state index is 0.0257. The van der Waals surface area contributed by atoms with Crippen molar-refractivity contribution in [3.8, 4) is 0 Å². The van der Waals surface area contributed by atoms with E-state index in [-0.39, 0.29) is 17.3 Å². The van der Waals surface area contributed by atoms with E-state index >= 15 is 0 Å². The summed E-state index contributed by atoms with van der Waals surface area (Å²) in [5.41, 5.74) is 4.45. The molecule has 4 atom stereocenters. The average Bonchev–Trinajstić information content (AvgIpc) is 2.91. The highest BCUT2D eigenvalue weighted by Crippen LogP contribution is 2.47. The summed E-state index contributed by atoms with van der Waals surface area (Å²) in [4.78, 5) is 24.0. The van der Waals surface area contributed by atoms with Gasteiger partial charge in [-0.2, -0.15) is 0 Å². The smallest absolute Gasteiger partial charge is 0.310 e. The number of esters is 1. The number of carbonyl (C=O) groups is 2. The fraction of sp³-hybridized carbons (Fsp3) is 0.867. The number of primary amides is 1. The Labute approximate surface area is 115 Å². The van der Waals surface area contributed by atoms with Crippen LogP contribution in [-0.4, -0.2) is 17.5 Å². The van der Waals surface area contributed by atoms with Crippen molar-refractivity contribution < 1.29 is 14.3 Å². The maximum absolute atomic E-state index is 12.1. The Hall–Kier alpha value is -1.06. The SMILES string of the molecule is CC1CC(C)(C)CC(OC(=O)C2CC2C)(C(N)=O)C1. The second-order valence-electron chi connectivity index (χ2n) is 7.45. The third-order valence-electron chi connectivity index (χ3n) is 4.50. The van der Waals surface area contributed by atoms with Crippen LogP contribution < -0.4 is 5.73 Å². The van der Waals surface area contributed by atoms with Crippen molar-refractivity contribution in [2.75, 3.05) is 0 Å². The zero-order valence-corrected chi connectivity index (χ0v) is 12.4. The molecule has 0 bridgehead atoms. The van der Waals surface area contributed by atoms with Gasteiger partial charge in [0.25, 0.3) is 5.91 Å². The molecular weight excluding hydrogens is 242 g/mol. The van der Waals surface area contributed by atoms with Crippen LogP contribution >= 0.6 is 0 Å². The lowest BCUT2D eigenvalue weighted by molar-refractivity contribution is -0.179. The van der Waals surface area contributed by atoms with E-state index in [1.807, 2.05) is 6.92 Å². The molecule has 0 aromatic rings. The van der Waals surface area contributed by atoms with Crippen molar-refractivity contribution in [3.63, 3.8) is 0 Å². The second-order valence-corrected chi connectivity index (χ2v) is 7.45. The maximum Gasteiger partial charge on any atom is 0.310 e. The number of hydrogen-bond acceptors (Lipinski definition) is 3. The Balaban J connectivity index is 2.17. The molecule has 0 aromatic heterocycles. The van der Waals surface area contributed by atoms with Gasteiger partial charge in [-0.05, 0) is 36.5 Å². The number of ether oxygens (including phenoxy) is 1. The number of nitrogens with two attached hydrogens (primary N) is 1. The molecule has 4 heteroatoms. The van der Waals surface area contributed by atoms with E-state index in [0.29, 0.717) is 24.7 Å². The van der Waals surface area contributed by atoms with E-state index in [1.54, 1.807) is 0 Å². The Kier molecular flexibility index (Phi) is 3.40. The lowest BCUT2D eigenvalue weighted by atomic mass is 9.65. The molecule has 1 amide bonds. The molecule has 108 valence electrons. The summed E-state index contributed by atoms with van der Waals surface area (Å²) in [6.07, 6.45) is 2.98. The molecule has 0 aromatic carbocycles. The Morgan fingerprint density at radius 2 is 1.79 bits per heavy atom. The first-order valence-corrected chi connectivity index (χ1v) is 7.18. The summed E-state index contributed by atoms with van der Waals surface area (Å²) in [7, 11) is 0. The summed E-state index contributed by atoms with van der Waals surface area (Å²) in [5, 5.41) is 0. The fourth-order valence-electron chi connectivity index (χ4n) is 3.73. The molecule has 4 unspecified atom stereocenters. The standard InChI is InChI=1S/C15H25NO3/c1-9-6-14(3,4)8-15(7-9,13(16)18)19-12(17)11-5-10(11)2/h9-11H,5-8H2,1-4H3,(H2,16,18). The predicted octanol–water partition coefficient (Wildman–Crippen LogP) is 2.26. The van der Waals surface area contributed by atoms with Gasteiger partial charge in [-0.25, -0.2) is 0 Å². The molecule has 2 fully saturated rings. The van der Waals surface area contributed by atoms with Crippen LogP contribution in [0.2, 0.25) is 0 Å². The second kappa shape index (κ2) is 4.50. The summed E-state index contributed by atoms with van der Waals surface area (Å²) >= 11 is 0. The van der Waals surface area contributed by atoms with E-state index in [4.69, 9.17) is 10.5 Å². The van der Waals surface area contributed by atoms with Crippen LogP contribution in [0.4, 0.5) is 0 Å². The number of carbonyl (C=O) groups excluding carboxylic acids is 2. The lowest BCUT2D eigenvalue weighted by Gasteiger charge is -2.45. The molecule has 0 heterocycles. The molecule has 2 saturated carbocycles. The molecule has 2 aliphatic carbocycles. The minimum Gasteiger partial charge on any atom is -0.449 e. The van der Waals surface area contributed by atoms with Crippen molar-refractivity contribution in [1.82, 2.24) is 0 Å². The number of amides is 1. The van der Waals surface area contributed by atoms with Crippen LogP contribution in [-0.2, 0) is 14.3 Å². The molecular formula is C15H25NO3. The van der Waals surface area contributed by atoms with E-state index in [0.717, 1.165) is 12.8 Å². The van der Waals surface area contributed by atoms with Crippen molar-refractivity contribution >= 4 is 11.9 Å². The molecule has 0 spiro atoms. The van der Waals surface area contributed by atoms with Gasteiger partial charge in [0.1, 0.15) is 0 Å². The zero-order valence-electron chi connectivity index (χ0n) is 12.4. The summed E-state index contributed by atoms with van der Waals surface area (Å²) in [6, 6.07) is 0. The molecule has 19 heavy (non-hydrogen) atoms. The first kappa shape index (κ1) is 14.4. The molecule has 2 aliphatic rings. The predicted molar refractivity (Wildman–Crippen MR) is 72.1 cm³/mol. The third kappa shape index (κ3) is 2.93. The van der Waals surface area contributed by atoms with Crippen LogP contribution in [0.15, 0.2) is 0 Å². The summed E-state index contributed by atoms with van der Waals surface area (Å²) in [6.45, 7) is 8.32. The largest absolute Gasteiger partial charge is 0.449 e. The van der Waals surface area contributed by atoms with Gasteiger partial charge >= 0.3 is 5.97 Å². The van der Waals surface area contributed by atoms with Gasteiger partial charge in [0.15, 0.2) is 5.60 Å². The van der Waals surface area contributed by atoms with Gasteiger partial charge < -0.3 is 10.5 Å². The van der Waals surface area contributed by atoms with Crippen molar-refractivity contribution in [2.24, 2.45) is 28.9 Å². The highest BCUT2D eigenvalue weighted by molar-refractivity contribution is 5.87. The van der Waals surface area contributed by atoms with Crippen molar-refractivity contribution in [1.29, 1.82) is 0 Å². The first-order chi connectivity index (χ1) is 8.65. The molecule has 0 radical (unpaired) electrons. The van der Waals surface area contributed by atoms with Gasteiger partial charge in [-0.3, -0.25) is 9.59 Å². The average molecular weight is 267 g/mol. The van der Waals surface area contributed by atoms with Crippen molar-refractivity contribution in [3.05, 3.63) is 0 Å². The van der Waals surface area contributed by atoms with Gasteiger partial charge in [0, 0.05) is 6.42 Å². The van der Waals surface area contributed by atoms with Crippen LogP contribution in [0.25, 0.3) is 0 Å². The highest BCUT2D eigenvalue weighted by atomic mass is 16.6. The quantitative estimate of drug-likeness (QED) is 0.797. The highest BCUT2D eigenvalue weighted by Gasteiger charge is 2.52. The van der Waals surface area contributed by atoms with E-state index in [1.165, 1.54) is 0 Å². The maximum atomic E-state index is 12.1. The van der Waals surface area contributed by atoms with Gasteiger partial charge in [0.2, 0.25) is 0 Å². The van der Waals surface area contributed by atoms with E-state index < -0.39 is 11.5 Å². The Morgan fingerprint density at radius 3 is 2.21 bits per heavy atom. The van der Waals surface area contributed by atoms with Crippen LogP contribution in [0.5, 0.6) is 0 Å². The zero-order chi connectivity index (χ0) is 14.4. The van der Waals surface area contributed by atoms with Crippen LogP contribution in [0, 0.1) is 23.2 Å². The first-order valence-electron chi connectivity index (χ1n) is 7.18. The molecule has 2 N–H and O–H groups in total. The van der Waals surface area contributed by atoms with E-state index in [2.05, 4.69) is 20.8 Å².